The molecule has 0 spiro atoms. The van der Waals surface area contributed by atoms with E-state index >= 15 is 0 Å². The fourth-order valence-corrected chi connectivity index (χ4v) is 2.24. The molecule has 2 heteroatoms. The maximum absolute atomic E-state index is 4.36. The van der Waals surface area contributed by atoms with E-state index in [0.717, 1.165) is 10.3 Å². The van der Waals surface area contributed by atoms with Crippen molar-refractivity contribution in [3.05, 3.63) is 29.6 Å². The first kappa shape index (κ1) is 7.53. The molecule has 1 aliphatic carbocycles. The SMILES string of the molecule is I[C@H]1CCc2cccnc2C1. The van der Waals surface area contributed by atoms with Crippen molar-refractivity contribution in [2.75, 3.05) is 0 Å². The van der Waals surface area contributed by atoms with Crippen LogP contribution in [0.15, 0.2) is 18.3 Å². The number of aromatic nitrogens is 1. The Morgan fingerprint density at radius 2 is 2.45 bits per heavy atom. The van der Waals surface area contributed by atoms with E-state index in [4.69, 9.17) is 0 Å². The second-order valence-electron chi connectivity index (χ2n) is 2.95. The van der Waals surface area contributed by atoms with Crippen molar-refractivity contribution in [3.63, 3.8) is 0 Å². The van der Waals surface area contributed by atoms with Crippen LogP contribution in [0.1, 0.15) is 17.7 Å². The summed E-state index contributed by atoms with van der Waals surface area (Å²) in [5.74, 6) is 0. The standard InChI is InChI=1S/C9H10IN/c10-8-4-3-7-2-1-5-11-9(7)6-8/h1-2,5,8H,3-4,6H2/t8-/m0/s1. The molecule has 0 saturated heterocycles. The molecule has 0 bridgehead atoms. The van der Waals surface area contributed by atoms with E-state index in [9.17, 15) is 0 Å². The molecule has 1 heterocycles. The molecule has 1 aromatic heterocycles. The predicted molar refractivity (Wildman–Crippen MR) is 54.1 cm³/mol. The van der Waals surface area contributed by atoms with Crippen LogP contribution in [-0.2, 0) is 12.8 Å². The lowest BCUT2D eigenvalue weighted by molar-refractivity contribution is 0.703. The second-order valence-corrected chi connectivity index (χ2v) is 4.71. The third-order valence-electron chi connectivity index (χ3n) is 2.13. The molecular weight excluding hydrogens is 249 g/mol. The zero-order chi connectivity index (χ0) is 7.68. The van der Waals surface area contributed by atoms with Gasteiger partial charge in [-0.05, 0) is 24.5 Å². The minimum atomic E-state index is 0.801. The van der Waals surface area contributed by atoms with Crippen LogP contribution < -0.4 is 0 Å². The molecular formula is C9H10IN. The van der Waals surface area contributed by atoms with Gasteiger partial charge in [0.1, 0.15) is 0 Å². The molecule has 1 nitrogen and oxygen atoms in total. The minimum Gasteiger partial charge on any atom is -0.261 e. The highest BCUT2D eigenvalue weighted by Crippen LogP contribution is 2.23. The lowest BCUT2D eigenvalue weighted by Gasteiger charge is -2.18. The number of pyridine rings is 1. The molecule has 0 aliphatic heterocycles. The van der Waals surface area contributed by atoms with Gasteiger partial charge in [0.05, 0.1) is 0 Å². The first-order chi connectivity index (χ1) is 5.36. The highest BCUT2D eigenvalue weighted by Gasteiger charge is 2.15. The van der Waals surface area contributed by atoms with Crippen molar-refractivity contribution >= 4 is 22.6 Å². The van der Waals surface area contributed by atoms with Gasteiger partial charge in [0.25, 0.3) is 0 Å². The summed E-state index contributed by atoms with van der Waals surface area (Å²) < 4.78 is 0.801. The van der Waals surface area contributed by atoms with Gasteiger partial charge in [-0.1, -0.05) is 28.7 Å². The van der Waals surface area contributed by atoms with E-state index < -0.39 is 0 Å². The molecule has 1 aliphatic rings. The first-order valence-electron chi connectivity index (χ1n) is 3.93. The average molecular weight is 259 g/mol. The predicted octanol–water partition coefficient (Wildman–Crippen LogP) is 2.37. The fourth-order valence-electron chi connectivity index (χ4n) is 1.51. The van der Waals surface area contributed by atoms with Crippen LogP contribution in [0.3, 0.4) is 0 Å². The van der Waals surface area contributed by atoms with Crippen LogP contribution in [0.2, 0.25) is 0 Å². The molecule has 11 heavy (non-hydrogen) atoms. The van der Waals surface area contributed by atoms with Gasteiger partial charge in [0.15, 0.2) is 0 Å². The second kappa shape index (κ2) is 3.09. The first-order valence-corrected chi connectivity index (χ1v) is 5.17. The Morgan fingerprint density at radius 3 is 3.36 bits per heavy atom. The molecule has 0 amide bonds. The molecule has 0 aromatic carbocycles. The number of nitrogens with zero attached hydrogens (tertiary/aromatic N) is 1. The van der Waals surface area contributed by atoms with Gasteiger partial charge in [0, 0.05) is 22.2 Å². The Bertz CT molecular complexity index is 259. The number of halogens is 1. The average Bonchev–Trinajstić information content (AvgIpc) is 2.04. The minimum absolute atomic E-state index is 0.801. The van der Waals surface area contributed by atoms with E-state index in [1.165, 1.54) is 24.1 Å². The van der Waals surface area contributed by atoms with Crippen LogP contribution in [0.25, 0.3) is 0 Å². The molecule has 2 rings (SSSR count). The van der Waals surface area contributed by atoms with Crippen molar-refractivity contribution in [2.45, 2.75) is 23.2 Å². The fraction of sp³-hybridized carbons (Fsp3) is 0.444. The molecule has 0 N–H and O–H groups in total. The number of hydrogen-bond donors (Lipinski definition) is 0. The normalized spacial score (nSPS) is 22.8. The molecule has 0 unspecified atom stereocenters. The summed E-state index contributed by atoms with van der Waals surface area (Å²) in [5, 5.41) is 0. The lowest BCUT2D eigenvalue weighted by atomic mass is 9.96. The van der Waals surface area contributed by atoms with Crippen LogP contribution in [0.4, 0.5) is 0 Å². The number of rotatable bonds is 0. The molecule has 0 saturated carbocycles. The third kappa shape index (κ3) is 1.55. The van der Waals surface area contributed by atoms with Gasteiger partial charge in [-0.15, -0.1) is 0 Å². The lowest BCUT2D eigenvalue weighted by Crippen LogP contribution is -2.14. The summed E-state index contributed by atoms with van der Waals surface area (Å²) in [7, 11) is 0. The van der Waals surface area contributed by atoms with Gasteiger partial charge in [0.2, 0.25) is 0 Å². The van der Waals surface area contributed by atoms with E-state index in [1.807, 2.05) is 12.3 Å². The Hall–Kier alpha value is -0.120. The smallest absolute Gasteiger partial charge is 0.0445 e. The Balaban J connectivity index is 2.34. The quantitative estimate of drug-likeness (QED) is 0.515. The summed E-state index contributed by atoms with van der Waals surface area (Å²) in [6, 6.07) is 4.23. The summed E-state index contributed by atoms with van der Waals surface area (Å²) in [5.41, 5.74) is 2.78. The van der Waals surface area contributed by atoms with Crippen LogP contribution >= 0.6 is 22.6 Å². The zero-order valence-electron chi connectivity index (χ0n) is 6.26. The zero-order valence-corrected chi connectivity index (χ0v) is 8.41. The maximum Gasteiger partial charge on any atom is 0.0445 e. The maximum atomic E-state index is 4.36. The molecule has 58 valence electrons. The highest BCUT2D eigenvalue weighted by molar-refractivity contribution is 14.1. The van der Waals surface area contributed by atoms with Gasteiger partial charge >= 0.3 is 0 Å². The van der Waals surface area contributed by atoms with Crippen molar-refractivity contribution in [1.82, 2.24) is 4.98 Å². The topological polar surface area (TPSA) is 12.9 Å². The number of fused-ring (bicyclic) bond motifs is 1. The Kier molecular flexibility index (Phi) is 2.11. The summed E-state index contributed by atoms with van der Waals surface area (Å²) in [6.45, 7) is 0. The highest BCUT2D eigenvalue weighted by atomic mass is 127. The number of aryl methyl sites for hydroxylation is 1. The van der Waals surface area contributed by atoms with E-state index in [0.29, 0.717) is 0 Å². The molecule has 1 aromatic rings. The Labute approximate surface area is 80.4 Å². The van der Waals surface area contributed by atoms with Crippen molar-refractivity contribution in [1.29, 1.82) is 0 Å². The molecule has 1 atom stereocenters. The van der Waals surface area contributed by atoms with Gasteiger partial charge < -0.3 is 0 Å². The monoisotopic (exact) mass is 259 g/mol. The van der Waals surface area contributed by atoms with Crippen LogP contribution in [0.5, 0.6) is 0 Å². The number of alkyl halides is 1. The van der Waals surface area contributed by atoms with E-state index in [2.05, 4.69) is 33.6 Å². The van der Waals surface area contributed by atoms with Gasteiger partial charge in [-0.2, -0.15) is 0 Å². The van der Waals surface area contributed by atoms with Crippen molar-refractivity contribution in [3.8, 4) is 0 Å². The summed E-state index contributed by atoms with van der Waals surface area (Å²) >= 11 is 2.51. The van der Waals surface area contributed by atoms with Crippen LogP contribution in [-0.4, -0.2) is 8.91 Å². The third-order valence-corrected chi connectivity index (χ3v) is 3.19. The van der Waals surface area contributed by atoms with E-state index in [1.54, 1.807) is 0 Å². The van der Waals surface area contributed by atoms with Crippen LogP contribution in [0, 0.1) is 0 Å². The molecule has 0 radical (unpaired) electrons. The van der Waals surface area contributed by atoms with Crippen molar-refractivity contribution in [2.24, 2.45) is 0 Å². The van der Waals surface area contributed by atoms with Gasteiger partial charge in [-0.3, -0.25) is 4.98 Å². The summed E-state index contributed by atoms with van der Waals surface area (Å²) in [6.07, 6.45) is 5.60. The van der Waals surface area contributed by atoms with Crippen molar-refractivity contribution < 1.29 is 0 Å². The largest absolute Gasteiger partial charge is 0.261 e. The Morgan fingerprint density at radius 1 is 1.55 bits per heavy atom. The van der Waals surface area contributed by atoms with Gasteiger partial charge in [-0.25, -0.2) is 0 Å². The number of hydrogen-bond acceptors (Lipinski definition) is 1. The van der Waals surface area contributed by atoms with E-state index in [-0.39, 0.29) is 0 Å². The molecule has 0 fully saturated rings. The summed E-state index contributed by atoms with van der Waals surface area (Å²) in [4.78, 5) is 4.36.